The fourth-order valence-corrected chi connectivity index (χ4v) is 4.56. The van der Waals surface area contributed by atoms with Gasteiger partial charge in [0, 0.05) is 30.2 Å². The Labute approximate surface area is 301 Å². The van der Waals surface area contributed by atoms with Crippen LogP contribution in [0.25, 0.3) is 0 Å². The van der Waals surface area contributed by atoms with Crippen molar-refractivity contribution in [3.63, 3.8) is 0 Å². The lowest BCUT2D eigenvalue weighted by atomic mass is 10.0. The maximum atomic E-state index is 13.7. The summed E-state index contributed by atoms with van der Waals surface area (Å²) in [6.07, 6.45) is 8.55. The van der Waals surface area contributed by atoms with Crippen LogP contribution in [-0.4, -0.2) is 76.9 Å². The Balaban J connectivity index is 0.000000287. The lowest BCUT2D eigenvalue weighted by Gasteiger charge is -2.18. The number of benzene rings is 1. The number of nitrogens with zero attached hydrogens (tertiary/aromatic N) is 3. The zero-order valence-corrected chi connectivity index (χ0v) is 28.4. The van der Waals surface area contributed by atoms with Crippen LogP contribution in [0.4, 0.5) is 17.6 Å². The van der Waals surface area contributed by atoms with E-state index in [1.54, 1.807) is 0 Å². The van der Waals surface area contributed by atoms with E-state index < -0.39 is 65.4 Å². The second-order valence-corrected chi connectivity index (χ2v) is 11.2. The molecule has 0 saturated carbocycles. The van der Waals surface area contributed by atoms with Crippen LogP contribution in [0.2, 0.25) is 0 Å². The largest absolute Gasteiger partial charge is 0.480 e. The lowest BCUT2D eigenvalue weighted by molar-refractivity contribution is -0.123. The quantitative estimate of drug-likeness (QED) is 0.0443. The van der Waals surface area contributed by atoms with Crippen molar-refractivity contribution < 1.29 is 50.7 Å². The molecule has 0 saturated heterocycles. The van der Waals surface area contributed by atoms with Gasteiger partial charge in [0.25, 0.3) is 17.7 Å². The maximum absolute atomic E-state index is 13.7. The molecule has 2 unspecified atom stereocenters. The van der Waals surface area contributed by atoms with Gasteiger partial charge in [-0.3, -0.25) is 24.2 Å². The number of hydrogen-bond acceptors (Lipinski definition) is 12. The van der Waals surface area contributed by atoms with E-state index in [1.165, 1.54) is 55.2 Å². The van der Waals surface area contributed by atoms with Crippen LogP contribution in [0.3, 0.4) is 0 Å². The average molecular weight is 746 g/mol. The minimum Gasteiger partial charge on any atom is -0.480 e. The number of carbonyl (C=O) groups is 4. The summed E-state index contributed by atoms with van der Waals surface area (Å²) < 4.78 is 68.8. The average Bonchev–Trinajstić information content (AvgIpc) is 3.69. The Kier molecular flexibility index (Phi) is 17.5. The Bertz CT molecular complexity index is 1770. The molecule has 3 heterocycles. The van der Waals surface area contributed by atoms with Crippen LogP contribution in [0.1, 0.15) is 59.2 Å². The molecule has 14 nitrogen and oxygen atoms in total. The van der Waals surface area contributed by atoms with Crippen molar-refractivity contribution in [2.45, 2.75) is 50.6 Å². The summed E-state index contributed by atoms with van der Waals surface area (Å²) in [5, 5.41) is 8.63. The van der Waals surface area contributed by atoms with Gasteiger partial charge in [-0.1, -0.05) is 0 Å². The van der Waals surface area contributed by atoms with Crippen molar-refractivity contribution in [1.29, 1.82) is 0 Å². The summed E-state index contributed by atoms with van der Waals surface area (Å²) in [7, 11) is 0. The molecule has 4 aromatic rings. The van der Waals surface area contributed by atoms with E-state index in [2.05, 4.69) is 30.3 Å². The number of ketones is 2. The summed E-state index contributed by atoms with van der Waals surface area (Å²) in [6, 6.07) is 6.68. The molecule has 2 amide bonds. The molecule has 0 fully saturated rings. The third-order valence-corrected chi connectivity index (χ3v) is 7.37. The highest BCUT2D eigenvalue weighted by atomic mass is 19.2. The van der Waals surface area contributed by atoms with Gasteiger partial charge in [-0.05, 0) is 93.2 Å². The molecule has 6 N–H and O–H groups in total. The number of halogens is 4. The SMILES string of the molecule is NCCCCC(NC(=O)c1cccnc1F)C(=O)COc1ccon1.NCCCCC(NC(=O)c1ccncc1)C(=O)COc1c(F)ccc(F)c1F. The number of nitrogens with one attached hydrogen (secondary N) is 2. The highest BCUT2D eigenvalue weighted by Crippen LogP contribution is 2.24. The highest BCUT2D eigenvalue weighted by Gasteiger charge is 2.25. The lowest BCUT2D eigenvalue weighted by Crippen LogP contribution is -2.43. The summed E-state index contributed by atoms with van der Waals surface area (Å²) in [5.74, 6) is -7.84. The van der Waals surface area contributed by atoms with Gasteiger partial charge in [0.2, 0.25) is 11.8 Å². The molecular formula is C35H39F4N7O7. The fraction of sp³-hybridized carbons (Fsp3) is 0.343. The van der Waals surface area contributed by atoms with Crippen LogP contribution >= 0.6 is 0 Å². The molecule has 0 aliphatic rings. The molecule has 284 valence electrons. The molecular weight excluding hydrogens is 706 g/mol. The van der Waals surface area contributed by atoms with Gasteiger partial charge in [-0.15, -0.1) is 0 Å². The summed E-state index contributed by atoms with van der Waals surface area (Å²) in [4.78, 5) is 56.5. The second-order valence-electron chi connectivity index (χ2n) is 11.2. The van der Waals surface area contributed by atoms with Gasteiger partial charge >= 0.3 is 0 Å². The number of pyridine rings is 2. The van der Waals surface area contributed by atoms with Crippen molar-refractivity contribution >= 4 is 23.4 Å². The number of Topliss-reactive ketones (excluding diaryl/α,β-unsaturated/α-hetero) is 2. The molecule has 4 rings (SSSR count). The van der Waals surface area contributed by atoms with Crippen molar-refractivity contribution in [2.75, 3.05) is 26.3 Å². The minimum absolute atomic E-state index is 0.165. The summed E-state index contributed by atoms with van der Waals surface area (Å²) in [5.41, 5.74) is 11.0. The van der Waals surface area contributed by atoms with E-state index in [0.717, 1.165) is 0 Å². The molecule has 0 spiro atoms. The highest BCUT2D eigenvalue weighted by molar-refractivity contribution is 5.98. The van der Waals surface area contributed by atoms with Crippen molar-refractivity contribution in [3.8, 4) is 11.6 Å². The van der Waals surface area contributed by atoms with Crippen molar-refractivity contribution in [3.05, 3.63) is 102 Å². The predicted octanol–water partition coefficient (Wildman–Crippen LogP) is 3.46. The van der Waals surface area contributed by atoms with E-state index in [0.29, 0.717) is 62.9 Å². The molecule has 0 aliphatic carbocycles. The third-order valence-electron chi connectivity index (χ3n) is 7.37. The number of aromatic nitrogens is 3. The van der Waals surface area contributed by atoms with Crippen molar-refractivity contribution in [2.24, 2.45) is 11.5 Å². The topological polar surface area (TPSA) is 215 Å². The van der Waals surface area contributed by atoms with Crippen LogP contribution in [0.15, 0.2) is 71.8 Å². The second kappa shape index (κ2) is 22.2. The first-order valence-electron chi connectivity index (χ1n) is 16.4. The number of carbonyl (C=O) groups excluding carboxylic acids is 4. The zero-order chi connectivity index (χ0) is 38.6. The van der Waals surface area contributed by atoms with Gasteiger partial charge in [-0.2, -0.15) is 8.78 Å². The summed E-state index contributed by atoms with van der Waals surface area (Å²) >= 11 is 0. The smallest absolute Gasteiger partial charge is 0.256 e. The van der Waals surface area contributed by atoms with E-state index >= 15 is 0 Å². The van der Waals surface area contributed by atoms with Crippen LogP contribution < -0.4 is 31.6 Å². The zero-order valence-electron chi connectivity index (χ0n) is 28.4. The van der Waals surface area contributed by atoms with Crippen LogP contribution in [0, 0.1) is 23.4 Å². The fourth-order valence-electron chi connectivity index (χ4n) is 4.56. The van der Waals surface area contributed by atoms with E-state index in [9.17, 15) is 36.7 Å². The van der Waals surface area contributed by atoms with E-state index in [4.69, 9.17) is 20.9 Å². The first-order chi connectivity index (χ1) is 25.5. The van der Waals surface area contributed by atoms with Gasteiger partial charge in [0.1, 0.15) is 12.9 Å². The molecule has 18 heteroatoms. The molecule has 0 aliphatic heterocycles. The molecule has 0 radical (unpaired) electrons. The molecule has 3 aromatic heterocycles. The van der Waals surface area contributed by atoms with Gasteiger partial charge in [0.05, 0.1) is 17.6 Å². The third kappa shape index (κ3) is 13.7. The van der Waals surface area contributed by atoms with Crippen LogP contribution in [-0.2, 0) is 9.59 Å². The van der Waals surface area contributed by atoms with Gasteiger partial charge in [-0.25, -0.2) is 13.8 Å². The molecule has 1 aromatic carbocycles. The van der Waals surface area contributed by atoms with Crippen LogP contribution in [0.5, 0.6) is 11.6 Å². The number of amides is 2. The monoisotopic (exact) mass is 745 g/mol. The first-order valence-corrected chi connectivity index (χ1v) is 16.4. The van der Waals surface area contributed by atoms with Gasteiger partial charge in [0.15, 0.2) is 35.6 Å². The number of unbranched alkanes of at least 4 members (excludes halogenated alkanes) is 2. The Morgan fingerprint density at radius 2 is 1.34 bits per heavy atom. The summed E-state index contributed by atoms with van der Waals surface area (Å²) in [6.45, 7) is -0.145. The normalized spacial score (nSPS) is 11.7. The van der Waals surface area contributed by atoms with Gasteiger partial charge < -0.3 is 36.1 Å². The Hall–Kier alpha value is -5.75. The molecule has 0 bridgehead atoms. The molecule has 53 heavy (non-hydrogen) atoms. The Morgan fingerprint density at radius 3 is 1.92 bits per heavy atom. The number of hydrogen-bond donors (Lipinski definition) is 4. The minimum atomic E-state index is -1.52. The number of nitrogens with two attached hydrogens (primary N) is 2. The molecule has 2 atom stereocenters. The maximum Gasteiger partial charge on any atom is 0.256 e. The number of ether oxygens (including phenoxy) is 2. The predicted molar refractivity (Wildman–Crippen MR) is 181 cm³/mol. The number of rotatable bonds is 20. The van der Waals surface area contributed by atoms with E-state index in [-0.39, 0.29) is 30.3 Å². The first kappa shape index (κ1) is 41.7. The standard InChI is InChI=1S/C19H20F3N3O3.C16H19FN4O4/c20-13-4-5-14(21)18(17(13)22)28-11-16(26)15(3-1-2-8-23)25-19(27)12-6-9-24-10-7-12;17-15-11(4-3-8-19-15)16(23)20-12(5-1-2-7-18)13(22)10-24-14-6-9-25-21-14/h4-7,9-10,15H,1-3,8,11,23H2,(H,25,27);3-4,6,8-9,12H,1-2,5,7,10,18H2,(H,20,23). The Morgan fingerprint density at radius 1 is 0.736 bits per heavy atom. The van der Waals surface area contributed by atoms with Crippen molar-refractivity contribution in [1.82, 2.24) is 25.8 Å². The van der Waals surface area contributed by atoms with E-state index in [1.807, 2.05) is 0 Å².